The van der Waals surface area contributed by atoms with E-state index in [2.05, 4.69) is 15.3 Å². The molecule has 0 bridgehead atoms. The van der Waals surface area contributed by atoms with Crippen LogP contribution in [0, 0.1) is 0 Å². The zero-order valence-corrected chi connectivity index (χ0v) is 16.1. The van der Waals surface area contributed by atoms with Gasteiger partial charge >= 0.3 is 11.9 Å². The molecule has 0 spiro atoms. The second-order valence-corrected chi connectivity index (χ2v) is 6.60. The van der Waals surface area contributed by atoms with Crippen LogP contribution in [0.5, 0.6) is 0 Å². The molecule has 0 radical (unpaired) electrons. The number of anilines is 1. The number of carboxylic acids is 1. The van der Waals surface area contributed by atoms with Gasteiger partial charge in [-0.1, -0.05) is 12.1 Å². The van der Waals surface area contributed by atoms with Crippen LogP contribution in [-0.2, 0) is 11.3 Å². The number of benzene rings is 2. The van der Waals surface area contributed by atoms with Gasteiger partial charge in [-0.25, -0.2) is 14.6 Å². The zero-order valence-electron chi connectivity index (χ0n) is 16.1. The van der Waals surface area contributed by atoms with Gasteiger partial charge in [0.05, 0.1) is 23.3 Å². The summed E-state index contributed by atoms with van der Waals surface area (Å²) in [6.07, 6.45) is 0. The van der Waals surface area contributed by atoms with E-state index in [1.807, 2.05) is 24.3 Å². The van der Waals surface area contributed by atoms with Crippen molar-refractivity contribution in [2.24, 2.45) is 4.99 Å². The van der Waals surface area contributed by atoms with Crippen molar-refractivity contribution in [1.29, 1.82) is 0 Å². The molecule has 1 amide bonds. The Morgan fingerprint density at radius 1 is 1.17 bits per heavy atom. The summed E-state index contributed by atoms with van der Waals surface area (Å²) in [6.45, 7) is 3.02. The highest BCUT2D eigenvalue weighted by molar-refractivity contribution is 6.02. The van der Waals surface area contributed by atoms with Gasteiger partial charge in [0, 0.05) is 24.0 Å². The molecular weight excluding hydrogens is 388 g/mol. The van der Waals surface area contributed by atoms with Crippen LogP contribution in [0.25, 0.3) is 10.9 Å². The summed E-state index contributed by atoms with van der Waals surface area (Å²) in [4.78, 5) is 45.0. The van der Waals surface area contributed by atoms with Gasteiger partial charge in [0.25, 0.3) is 5.91 Å². The van der Waals surface area contributed by atoms with Crippen molar-refractivity contribution in [3.05, 3.63) is 64.8 Å². The number of para-hydroxylation sites is 1. The first-order valence-corrected chi connectivity index (χ1v) is 9.36. The molecule has 2 heterocycles. The Bertz CT molecular complexity index is 1260. The van der Waals surface area contributed by atoms with Gasteiger partial charge in [0.15, 0.2) is 0 Å². The predicted molar refractivity (Wildman–Crippen MR) is 107 cm³/mol. The summed E-state index contributed by atoms with van der Waals surface area (Å²) in [6, 6.07) is 11.1. The minimum absolute atomic E-state index is 0.0266. The van der Waals surface area contributed by atoms with Gasteiger partial charge < -0.3 is 15.2 Å². The highest BCUT2D eigenvalue weighted by Crippen LogP contribution is 2.22. The van der Waals surface area contributed by atoms with E-state index in [0.29, 0.717) is 18.6 Å². The number of hydrogen-bond donors (Lipinski definition) is 2. The first-order chi connectivity index (χ1) is 14.5. The SMILES string of the molecule is CCOC(=O)c1cc(C(=O)O)cc(C(=O)N=c2nc3ccccc3c3n2CCN3)c1. The average molecular weight is 406 g/mol. The molecule has 4 rings (SSSR count). The zero-order chi connectivity index (χ0) is 21.3. The Balaban J connectivity index is 1.84. The van der Waals surface area contributed by atoms with Crippen molar-refractivity contribution in [2.45, 2.75) is 13.5 Å². The van der Waals surface area contributed by atoms with Crippen LogP contribution in [0.15, 0.2) is 47.5 Å². The van der Waals surface area contributed by atoms with Crippen LogP contribution in [0.4, 0.5) is 5.82 Å². The summed E-state index contributed by atoms with van der Waals surface area (Å²) in [5.41, 5.74) is 0.618. The van der Waals surface area contributed by atoms with Crippen molar-refractivity contribution in [3.8, 4) is 0 Å². The number of nitrogens with zero attached hydrogens (tertiary/aromatic N) is 3. The fraction of sp³-hybridized carbons (Fsp3) is 0.190. The van der Waals surface area contributed by atoms with Gasteiger partial charge in [-0.2, -0.15) is 4.99 Å². The predicted octanol–water partition coefficient (Wildman–Crippen LogP) is 2.08. The minimum Gasteiger partial charge on any atom is -0.478 e. The molecule has 0 unspecified atom stereocenters. The number of hydrogen-bond acceptors (Lipinski definition) is 6. The number of carboxylic acid groups (broad SMARTS) is 1. The lowest BCUT2D eigenvalue weighted by atomic mass is 10.1. The van der Waals surface area contributed by atoms with E-state index < -0.39 is 17.8 Å². The van der Waals surface area contributed by atoms with E-state index in [9.17, 15) is 19.5 Å². The Morgan fingerprint density at radius 3 is 2.67 bits per heavy atom. The second-order valence-electron chi connectivity index (χ2n) is 6.60. The lowest BCUT2D eigenvalue weighted by Gasteiger charge is -2.08. The highest BCUT2D eigenvalue weighted by atomic mass is 16.5. The number of esters is 1. The molecule has 1 aliphatic heterocycles. The summed E-state index contributed by atoms with van der Waals surface area (Å²) >= 11 is 0. The van der Waals surface area contributed by atoms with Crippen LogP contribution in [0.2, 0.25) is 0 Å². The molecule has 0 saturated carbocycles. The van der Waals surface area contributed by atoms with Crippen LogP contribution in [-0.4, -0.2) is 45.7 Å². The lowest BCUT2D eigenvalue weighted by Crippen LogP contribution is -2.25. The monoisotopic (exact) mass is 406 g/mol. The van der Waals surface area contributed by atoms with Crippen LogP contribution in [0.1, 0.15) is 38.0 Å². The van der Waals surface area contributed by atoms with Crippen molar-refractivity contribution < 1.29 is 24.2 Å². The Labute approximate surface area is 170 Å². The maximum Gasteiger partial charge on any atom is 0.338 e. The van der Waals surface area contributed by atoms with Crippen molar-refractivity contribution in [3.63, 3.8) is 0 Å². The maximum atomic E-state index is 12.9. The first-order valence-electron chi connectivity index (χ1n) is 9.36. The number of carbonyl (C=O) groups excluding carboxylic acids is 2. The third-order valence-electron chi connectivity index (χ3n) is 4.66. The molecule has 0 atom stereocenters. The summed E-state index contributed by atoms with van der Waals surface area (Å²) in [5, 5.41) is 13.5. The van der Waals surface area contributed by atoms with Crippen molar-refractivity contribution in [2.75, 3.05) is 18.5 Å². The number of rotatable bonds is 4. The molecule has 3 aromatic rings. The minimum atomic E-state index is -1.27. The molecule has 0 aliphatic carbocycles. The Morgan fingerprint density at radius 2 is 1.90 bits per heavy atom. The largest absolute Gasteiger partial charge is 0.478 e. The molecule has 2 N–H and O–H groups in total. The number of amides is 1. The summed E-state index contributed by atoms with van der Waals surface area (Å²) < 4.78 is 6.73. The van der Waals surface area contributed by atoms with E-state index in [1.54, 1.807) is 11.5 Å². The van der Waals surface area contributed by atoms with E-state index in [0.717, 1.165) is 11.2 Å². The third kappa shape index (κ3) is 3.52. The molecule has 9 heteroatoms. The van der Waals surface area contributed by atoms with Crippen molar-refractivity contribution >= 4 is 34.6 Å². The molecule has 2 aromatic carbocycles. The average Bonchev–Trinajstić information content (AvgIpc) is 3.24. The fourth-order valence-electron chi connectivity index (χ4n) is 3.32. The lowest BCUT2D eigenvalue weighted by molar-refractivity contribution is 0.0526. The molecule has 0 fully saturated rings. The smallest absolute Gasteiger partial charge is 0.338 e. The number of aromatic nitrogens is 2. The maximum absolute atomic E-state index is 12.9. The number of carbonyl (C=O) groups is 3. The molecule has 152 valence electrons. The Kier molecular flexibility index (Phi) is 5.01. The Hall–Kier alpha value is -4.01. The normalized spacial score (nSPS) is 13.0. The van der Waals surface area contributed by atoms with Crippen molar-refractivity contribution in [1.82, 2.24) is 9.55 Å². The van der Waals surface area contributed by atoms with Gasteiger partial charge in [0.1, 0.15) is 5.82 Å². The van der Waals surface area contributed by atoms with E-state index in [1.165, 1.54) is 18.2 Å². The summed E-state index contributed by atoms with van der Waals surface area (Å²) in [5.74, 6) is -1.86. The second kappa shape index (κ2) is 7.78. The fourth-order valence-corrected chi connectivity index (χ4v) is 3.32. The van der Waals surface area contributed by atoms with Gasteiger partial charge in [-0.15, -0.1) is 0 Å². The number of aromatic carboxylic acids is 1. The number of nitrogens with one attached hydrogen (secondary N) is 1. The molecule has 1 aliphatic rings. The molecule has 30 heavy (non-hydrogen) atoms. The van der Waals surface area contributed by atoms with Crippen LogP contribution >= 0.6 is 0 Å². The highest BCUT2D eigenvalue weighted by Gasteiger charge is 2.19. The quantitative estimate of drug-likeness (QED) is 0.636. The number of fused-ring (bicyclic) bond motifs is 3. The van der Waals surface area contributed by atoms with Crippen LogP contribution < -0.4 is 10.9 Å². The van der Waals surface area contributed by atoms with Crippen LogP contribution in [0.3, 0.4) is 0 Å². The standard InChI is InChI=1S/C21H18N4O5/c1-2-30-20(29)14-10-12(9-13(11-14)19(27)28)18(26)24-21-23-16-6-4-3-5-15(16)17-22-7-8-25(17)21/h3-6,9-11,22H,2,7-8H2,1H3,(H,27,28). The number of ether oxygens (including phenoxy) is 1. The molecule has 9 nitrogen and oxygen atoms in total. The van der Waals surface area contributed by atoms with E-state index >= 15 is 0 Å². The van der Waals surface area contributed by atoms with Gasteiger partial charge in [0.2, 0.25) is 5.62 Å². The van der Waals surface area contributed by atoms with Gasteiger partial charge in [-0.3, -0.25) is 9.36 Å². The topological polar surface area (TPSA) is 123 Å². The summed E-state index contributed by atoms with van der Waals surface area (Å²) in [7, 11) is 0. The van der Waals surface area contributed by atoms with E-state index in [-0.39, 0.29) is 28.9 Å². The molecule has 0 saturated heterocycles. The van der Waals surface area contributed by atoms with E-state index in [4.69, 9.17) is 4.74 Å². The van der Waals surface area contributed by atoms with Gasteiger partial charge in [-0.05, 0) is 37.3 Å². The molecule has 1 aromatic heterocycles. The first kappa shape index (κ1) is 19.3. The molecular formula is C21H18N4O5. The third-order valence-corrected chi connectivity index (χ3v) is 4.66.